The molecule has 2 amide bonds. The molecule has 10 heteroatoms. The molecule has 0 spiro atoms. The minimum absolute atomic E-state index is 0.0135. The molecule has 0 unspecified atom stereocenters. The molecule has 1 N–H and O–H groups in total. The predicted molar refractivity (Wildman–Crippen MR) is 147 cm³/mol. The minimum atomic E-state index is -4.20. The lowest BCUT2D eigenvalue weighted by molar-refractivity contribution is -0.139. The second-order valence-corrected chi connectivity index (χ2v) is 11.2. The third-order valence-corrected chi connectivity index (χ3v) is 8.26. The van der Waals surface area contributed by atoms with Crippen LogP contribution in [0.1, 0.15) is 32.8 Å². The fourth-order valence-corrected chi connectivity index (χ4v) is 5.46. The summed E-state index contributed by atoms with van der Waals surface area (Å²) in [7, 11) is -4.20. The monoisotopic (exact) mass is 559 g/mol. The number of amides is 2. The molecule has 3 aromatic rings. The molecule has 0 aliphatic heterocycles. The molecule has 0 saturated carbocycles. The lowest BCUT2D eigenvalue weighted by Gasteiger charge is -2.32. The number of hydrogen-bond donors (Lipinski definition) is 1. The molecule has 38 heavy (non-hydrogen) atoms. The number of rotatable bonds is 11. The van der Waals surface area contributed by atoms with Crippen molar-refractivity contribution in [2.75, 3.05) is 10.8 Å². The standard InChI is InChI=1S/C28H31ClFN3O4S/c1-4-20(2)31-28(35)21(3)32(18-22-14-16-23(30)17-15-22)27(34)19-33(26-13-9-8-12-25(26)29)38(36,37)24-10-6-5-7-11-24/h5-17,20-21H,4,18-19H2,1-3H3,(H,31,35)/t20-,21-/m1/s1. The highest BCUT2D eigenvalue weighted by Gasteiger charge is 2.33. The average Bonchev–Trinajstić information content (AvgIpc) is 2.91. The second-order valence-electron chi connectivity index (χ2n) is 8.92. The molecule has 3 aromatic carbocycles. The number of anilines is 1. The Morgan fingerprint density at radius 2 is 1.55 bits per heavy atom. The number of nitrogens with one attached hydrogen (secondary N) is 1. The van der Waals surface area contributed by atoms with Crippen molar-refractivity contribution in [3.8, 4) is 0 Å². The van der Waals surface area contributed by atoms with Crippen LogP contribution in [0.2, 0.25) is 5.02 Å². The second kappa shape index (κ2) is 12.9. The Balaban J connectivity index is 2.02. The van der Waals surface area contributed by atoms with Crippen LogP contribution in [-0.2, 0) is 26.2 Å². The molecule has 0 bridgehead atoms. The predicted octanol–water partition coefficient (Wildman–Crippen LogP) is 5.01. The van der Waals surface area contributed by atoms with E-state index in [4.69, 9.17) is 11.6 Å². The Hall–Kier alpha value is -3.43. The van der Waals surface area contributed by atoms with Crippen LogP contribution in [0.25, 0.3) is 0 Å². The van der Waals surface area contributed by atoms with Crippen LogP contribution in [0, 0.1) is 5.82 Å². The van der Waals surface area contributed by atoms with Crippen molar-refractivity contribution in [3.05, 3.63) is 95.3 Å². The fourth-order valence-electron chi connectivity index (χ4n) is 3.72. The Labute approximate surface area is 228 Å². The first-order valence-corrected chi connectivity index (χ1v) is 14.0. The molecule has 0 heterocycles. The molecular formula is C28H31ClFN3O4S. The van der Waals surface area contributed by atoms with E-state index in [0.29, 0.717) is 12.0 Å². The van der Waals surface area contributed by atoms with Gasteiger partial charge in [0.1, 0.15) is 18.4 Å². The summed E-state index contributed by atoms with van der Waals surface area (Å²) >= 11 is 6.38. The third-order valence-electron chi connectivity index (χ3n) is 6.17. The van der Waals surface area contributed by atoms with Crippen molar-refractivity contribution in [2.24, 2.45) is 0 Å². The van der Waals surface area contributed by atoms with Crippen LogP contribution >= 0.6 is 11.6 Å². The van der Waals surface area contributed by atoms with Crippen molar-refractivity contribution >= 4 is 39.1 Å². The van der Waals surface area contributed by atoms with Crippen LogP contribution in [0.15, 0.2) is 83.8 Å². The summed E-state index contributed by atoms with van der Waals surface area (Å²) in [4.78, 5) is 28.1. The van der Waals surface area contributed by atoms with E-state index in [1.165, 1.54) is 53.4 Å². The third kappa shape index (κ3) is 7.11. The van der Waals surface area contributed by atoms with E-state index in [1.807, 2.05) is 13.8 Å². The van der Waals surface area contributed by atoms with Gasteiger partial charge in [-0.05, 0) is 62.2 Å². The molecule has 0 aromatic heterocycles. The number of hydrogen-bond acceptors (Lipinski definition) is 4. The summed E-state index contributed by atoms with van der Waals surface area (Å²) in [6.07, 6.45) is 0.694. The normalized spacial score (nSPS) is 12.9. The summed E-state index contributed by atoms with van der Waals surface area (Å²) in [5.74, 6) is -1.45. The Morgan fingerprint density at radius 1 is 0.947 bits per heavy atom. The Kier molecular flexibility index (Phi) is 9.88. The van der Waals surface area contributed by atoms with E-state index in [2.05, 4.69) is 5.32 Å². The van der Waals surface area contributed by atoms with E-state index in [1.54, 1.807) is 37.3 Å². The van der Waals surface area contributed by atoms with Crippen LogP contribution in [0.3, 0.4) is 0 Å². The van der Waals surface area contributed by atoms with Gasteiger partial charge in [-0.25, -0.2) is 12.8 Å². The molecular weight excluding hydrogens is 529 g/mol. The molecule has 202 valence electrons. The highest BCUT2D eigenvalue weighted by molar-refractivity contribution is 7.92. The van der Waals surface area contributed by atoms with Gasteiger partial charge in [-0.2, -0.15) is 0 Å². The van der Waals surface area contributed by atoms with Crippen LogP contribution < -0.4 is 9.62 Å². The van der Waals surface area contributed by atoms with Gasteiger partial charge in [-0.3, -0.25) is 13.9 Å². The van der Waals surface area contributed by atoms with E-state index in [0.717, 1.165) is 4.31 Å². The quantitative estimate of drug-likeness (QED) is 0.358. The van der Waals surface area contributed by atoms with E-state index >= 15 is 0 Å². The lowest BCUT2D eigenvalue weighted by Crippen LogP contribution is -2.52. The minimum Gasteiger partial charge on any atom is -0.352 e. The number of halogens is 2. The van der Waals surface area contributed by atoms with E-state index in [-0.39, 0.29) is 34.1 Å². The molecule has 0 aliphatic rings. The topological polar surface area (TPSA) is 86.8 Å². The van der Waals surface area contributed by atoms with Gasteiger partial charge in [0, 0.05) is 12.6 Å². The summed E-state index contributed by atoms with van der Waals surface area (Å²) in [6, 6.07) is 18.5. The maximum absolute atomic E-state index is 13.8. The number of carbonyl (C=O) groups is 2. The largest absolute Gasteiger partial charge is 0.352 e. The Bertz CT molecular complexity index is 1350. The highest BCUT2D eigenvalue weighted by atomic mass is 35.5. The highest BCUT2D eigenvalue weighted by Crippen LogP contribution is 2.30. The van der Waals surface area contributed by atoms with Crippen molar-refractivity contribution in [2.45, 2.75) is 50.7 Å². The van der Waals surface area contributed by atoms with Gasteiger partial charge < -0.3 is 10.2 Å². The number of nitrogens with zero attached hydrogens (tertiary/aromatic N) is 2. The fraction of sp³-hybridized carbons (Fsp3) is 0.286. The SMILES string of the molecule is CC[C@@H](C)NC(=O)[C@@H](C)N(Cc1ccc(F)cc1)C(=O)CN(c1ccccc1Cl)S(=O)(=O)c1ccccc1. The summed E-state index contributed by atoms with van der Waals surface area (Å²) in [5.41, 5.74) is 0.711. The van der Waals surface area contributed by atoms with Gasteiger partial charge in [0.05, 0.1) is 15.6 Å². The summed E-state index contributed by atoms with van der Waals surface area (Å²) in [5, 5.41) is 3.01. The first-order chi connectivity index (χ1) is 18.0. The first-order valence-electron chi connectivity index (χ1n) is 12.2. The smallest absolute Gasteiger partial charge is 0.264 e. The van der Waals surface area contributed by atoms with Gasteiger partial charge >= 0.3 is 0 Å². The van der Waals surface area contributed by atoms with Crippen LogP contribution in [-0.4, -0.2) is 43.8 Å². The molecule has 2 atom stereocenters. The number of carbonyl (C=O) groups excluding carboxylic acids is 2. The molecule has 0 radical (unpaired) electrons. The van der Waals surface area contributed by atoms with Gasteiger partial charge in [-0.15, -0.1) is 0 Å². The first kappa shape index (κ1) is 29.1. The maximum Gasteiger partial charge on any atom is 0.264 e. The van der Waals surface area contributed by atoms with Crippen molar-refractivity contribution in [3.63, 3.8) is 0 Å². The molecule has 0 fully saturated rings. The Morgan fingerprint density at radius 3 is 2.16 bits per heavy atom. The van der Waals surface area contributed by atoms with E-state index < -0.39 is 34.3 Å². The van der Waals surface area contributed by atoms with Crippen LogP contribution in [0.5, 0.6) is 0 Å². The number of sulfonamides is 1. The maximum atomic E-state index is 13.8. The number of para-hydroxylation sites is 1. The zero-order valence-corrected chi connectivity index (χ0v) is 23.0. The van der Waals surface area contributed by atoms with Crippen molar-refractivity contribution < 1.29 is 22.4 Å². The lowest BCUT2D eigenvalue weighted by atomic mass is 10.1. The van der Waals surface area contributed by atoms with Crippen LogP contribution in [0.4, 0.5) is 10.1 Å². The summed E-state index contributed by atoms with van der Waals surface area (Å²) < 4.78 is 41.9. The average molecular weight is 560 g/mol. The molecule has 7 nitrogen and oxygen atoms in total. The molecule has 0 aliphatic carbocycles. The zero-order chi connectivity index (χ0) is 27.9. The van der Waals surface area contributed by atoms with E-state index in [9.17, 15) is 22.4 Å². The zero-order valence-electron chi connectivity index (χ0n) is 21.5. The molecule has 0 saturated heterocycles. The van der Waals surface area contributed by atoms with Gasteiger partial charge in [0.2, 0.25) is 11.8 Å². The summed E-state index contributed by atoms with van der Waals surface area (Å²) in [6.45, 7) is 4.71. The van der Waals surface area contributed by atoms with Gasteiger partial charge in [0.15, 0.2) is 0 Å². The van der Waals surface area contributed by atoms with Crippen molar-refractivity contribution in [1.82, 2.24) is 10.2 Å². The molecule has 3 rings (SSSR count). The van der Waals surface area contributed by atoms with Gasteiger partial charge in [0.25, 0.3) is 10.0 Å². The van der Waals surface area contributed by atoms with Gasteiger partial charge in [-0.1, -0.05) is 61.0 Å². The number of benzene rings is 3. The van der Waals surface area contributed by atoms with Crippen molar-refractivity contribution in [1.29, 1.82) is 0 Å².